The number of methoxy groups -OCH3 is 2. The van der Waals surface area contributed by atoms with Crippen LogP contribution in [0.1, 0.15) is 0 Å². The summed E-state index contributed by atoms with van der Waals surface area (Å²) >= 11 is 0. The zero-order chi connectivity index (χ0) is 20.8. The molecule has 0 unspecified atom stereocenters. The quantitative estimate of drug-likeness (QED) is 0.546. The largest absolute Gasteiger partial charge is 0.497 e. The van der Waals surface area contributed by atoms with Gasteiger partial charge in [-0.05, 0) is 12.1 Å². The third kappa shape index (κ3) is 4.87. The normalized spacial score (nSPS) is 13.6. The third-order valence-corrected chi connectivity index (χ3v) is 4.66. The van der Waals surface area contributed by atoms with Gasteiger partial charge >= 0.3 is 0 Å². The van der Waals surface area contributed by atoms with Crippen LogP contribution in [-0.4, -0.2) is 55.4 Å². The molecule has 0 bridgehead atoms. The Morgan fingerprint density at radius 3 is 2.00 bits per heavy atom. The van der Waals surface area contributed by atoms with Crippen molar-refractivity contribution in [3.05, 3.63) is 48.5 Å². The van der Waals surface area contributed by atoms with E-state index in [0.29, 0.717) is 29.3 Å². The number of nitrogens with zero attached hydrogens (tertiary/aromatic N) is 4. The van der Waals surface area contributed by atoms with Crippen molar-refractivity contribution in [2.24, 2.45) is 0 Å². The van der Waals surface area contributed by atoms with Crippen LogP contribution in [0.2, 0.25) is 0 Å². The monoisotopic (exact) mass is 407 g/mol. The second-order valence-electron chi connectivity index (χ2n) is 6.74. The number of nitrogens with one attached hydrogen (secondary N) is 3. The zero-order valence-electron chi connectivity index (χ0n) is 17.1. The Hall–Kier alpha value is -3.59. The van der Waals surface area contributed by atoms with Crippen LogP contribution in [0.3, 0.4) is 0 Å². The molecule has 1 aliphatic rings. The van der Waals surface area contributed by atoms with Crippen LogP contribution in [0.15, 0.2) is 48.5 Å². The minimum atomic E-state index is 0.437. The topological polar surface area (TPSA) is 96.5 Å². The lowest BCUT2D eigenvalue weighted by atomic mass is 10.3. The summed E-state index contributed by atoms with van der Waals surface area (Å²) in [5.41, 5.74) is 1.67. The summed E-state index contributed by atoms with van der Waals surface area (Å²) in [6.45, 7) is 3.45. The third-order valence-electron chi connectivity index (χ3n) is 4.66. The van der Waals surface area contributed by atoms with Crippen molar-refractivity contribution in [3.8, 4) is 11.5 Å². The fraction of sp³-hybridized carbons (Fsp3) is 0.286. The first-order valence-corrected chi connectivity index (χ1v) is 9.77. The fourth-order valence-corrected chi connectivity index (χ4v) is 3.14. The van der Waals surface area contributed by atoms with E-state index < -0.39 is 0 Å². The lowest BCUT2D eigenvalue weighted by Gasteiger charge is -2.27. The minimum absolute atomic E-state index is 0.437. The molecule has 156 valence electrons. The summed E-state index contributed by atoms with van der Waals surface area (Å²) in [6.07, 6.45) is 0. The molecule has 1 saturated heterocycles. The molecule has 0 aliphatic carbocycles. The molecule has 9 nitrogen and oxygen atoms in total. The highest BCUT2D eigenvalue weighted by Gasteiger charge is 2.16. The van der Waals surface area contributed by atoms with E-state index in [0.717, 1.165) is 37.6 Å². The molecular weight excluding hydrogens is 382 g/mol. The van der Waals surface area contributed by atoms with Gasteiger partial charge in [-0.1, -0.05) is 18.2 Å². The van der Waals surface area contributed by atoms with E-state index in [9.17, 15) is 0 Å². The molecule has 0 radical (unpaired) electrons. The van der Waals surface area contributed by atoms with Gasteiger partial charge in [0.05, 0.1) is 14.2 Å². The second-order valence-corrected chi connectivity index (χ2v) is 6.74. The molecule has 0 saturated carbocycles. The molecule has 2 aromatic carbocycles. The number of aromatic nitrogens is 3. The van der Waals surface area contributed by atoms with Crippen molar-refractivity contribution in [1.82, 2.24) is 20.3 Å². The Labute approximate surface area is 175 Å². The van der Waals surface area contributed by atoms with Crippen molar-refractivity contribution < 1.29 is 9.47 Å². The molecule has 0 amide bonds. The van der Waals surface area contributed by atoms with E-state index in [1.165, 1.54) is 0 Å². The summed E-state index contributed by atoms with van der Waals surface area (Å²) in [6, 6.07) is 15.4. The number of hydrogen-bond donors (Lipinski definition) is 3. The summed E-state index contributed by atoms with van der Waals surface area (Å²) in [5.74, 6) is 2.89. The molecule has 1 fully saturated rings. The van der Waals surface area contributed by atoms with Crippen LogP contribution in [-0.2, 0) is 0 Å². The number of hydrogen-bond acceptors (Lipinski definition) is 9. The van der Waals surface area contributed by atoms with E-state index in [2.05, 4.69) is 35.8 Å². The molecule has 0 spiro atoms. The maximum Gasteiger partial charge on any atom is 0.233 e. The number of anilines is 5. The highest BCUT2D eigenvalue weighted by atomic mass is 16.5. The predicted octanol–water partition coefficient (Wildman–Crippen LogP) is 2.79. The van der Waals surface area contributed by atoms with Gasteiger partial charge in [0.25, 0.3) is 0 Å². The lowest BCUT2D eigenvalue weighted by molar-refractivity contribution is 0.395. The van der Waals surface area contributed by atoms with E-state index in [1.54, 1.807) is 14.2 Å². The number of rotatable bonds is 7. The SMILES string of the molecule is COc1cc(Nc2nc(Nc3ccccc3)nc(N3CCNCC3)n2)cc(OC)c1. The van der Waals surface area contributed by atoms with Gasteiger partial charge in [0.2, 0.25) is 17.8 Å². The van der Waals surface area contributed by atoms with E-state index in [4.69, 9.17) is 9.47 Å². The van der Waals surface area contributed by atoms with Gasteiger partial charge in [-0.25, -0.2) is 0 Å². The Kier molecular flexibility index (Phi) is 6.09. The first kappa shape index (κ1) is 19.7. The van der Waals surface area contributed by atoms with Crippen LogP contribution in [0.4, 0.5) is 29.2 Å². The van der Waals surface area contributed by atoms with Gasteiger partial charge in [-0.2, -0.15) is 15.0 Å². The molecule has 2 heterocycles. The highest BCUT2D eigenvalue weighted by molar-refractivity contribution is 5.62. The molecule has 1 aromatic heterocycles. The Balaban J connectivity index is 1.66. The van der Waals surface area contributed by atoms with Crippen LogP contribution < -0.4 is 30.3 Å². The predicted molar refractivity (Wildman–Crippen MR) is 117 cm³/mol. The van der Waals surface area contributed by atoms with Crippen LogP contribution >= 0.6 is 0 Å². The molecule has 0 atom stereocenters. The molecule has 30 heavy (non-hydrogen) atoms. The average molecular weight is 407 g/mol. The summed E-state index contributed by atoms with van der Waals surface area (Å²) in [7, 11) is 3.23. The zero-order valence-corrected chi connectivity index (χ0v) is 17.1. The molecule has 9 heteroatoms. The average Bonchev–Trinajstić information content (AvgIpc) is 2.80. The standard InChI is InChI=1S/C21H25N7O2/c1-29-17-12-16(13-18(14-17)30-2)24-20-25-19(23-15-6-4-3-5-7-15)26-21(27-20)28-10-8-22-9-11-28/h3-7,12-14,22H,8-11H2,1-2H3,(H2,23,24,25,26,27). The Morgan fingerprint density at radius 1 is 0.800 bits per heavy atom. The van der Waals surface area contributed by atoms with Gasteiger partial charge in [0, 0.05) is 55.8 Å². The van der Waals surface area contributed by atoms with E-state index in [-0.39, 0.29) is 0 Å². The molecule has 4 rings (SSSR count). The van der Waals surface area contributed by atoms with Crippen LogP contribution in [0, 0.1) is 0 Å². The number of benzene rings is 2. The molecule has 1 aliphatic heterocycles. The number of piperazine rings is 1. The summed E-state index contributed by atoms with van der Waals surface area (Å²) in [4.78, 5) is 16.0. The van der Waals surface area contributed by atoms with Gasteiger partial charge in [0.15, 0.2) is 0 Å². The van der Waals surface area contributed by atoms with Crippen molar-refractivity contribution in [3.63, 3.8) is 0 Å². The van der Waals surface area contributed by atoms with Crippen LogP contribution in [0.5, 0.6) is 11.5 Å². The van der Waals surface area contributed by atoms with E-state index in [1.807, 2.05) is 48.5 Å². The minimum Gasteiger partial charge on any atom is -0.497 e. The smallest absolute Gasteiger partial charge is 0.233 e. The Bertz CT molecular complexity index is 956. The van der Waals surface area contributed by atoms with Gasteiger partial charge in [-0.15, -0.1) is 0 Å². The number of para-hydroxylation sites is 1. The first-order valence-electron chi connectivity index (χ1n) is 9.77. The summed E-state index contributed by atoms with van der Waals surface area (Å²) in [5, 5.41) is 9.86. The molecule has 3 aromatic rings. The first-order chi connectivity index (χ1) is 14.7. The van der Waals surface area contributed by atoms with Gasteiger partial charge < -0.3 is 30.3 Å². The van der Waals surface area contributed by atoms with Gasteiger partial charge in [-0.3, -0.25) is 0 Å². The Morgan fingerprint density at radius 2 is 1.40 bits per heavy atom. The maximum absolute atomic E-state index is 5.36. The van der Waals surface area contributed by atoms with Gasteiger partial charge in [0.1, 0.15) is 11.5 Å². The highest BCUT2D eigenvalue weighted by Crippen LogP contribution is 2.28. The van der Waals surface area contributed by atoms with Crippen molar-refractivity contribution in [2.75, 3.05) is 55.9 Å². The summed E-state index contributed by atoms with van der Waals surface area (Å²) < 4.78 is 10.7. The van der Waals surface area contributed by atoms with Crippen LogP contribution in [0.25, 0.3) is 0 Å². The van der Waals surface area contributed by atoms with Crippen molar-refractivity contribution in [1.29, 1.82) is 0 Å². The van der Waals surface area contributed by atoms with Crippen molar-refractivity contribution in [2.45, 2.75) is 0 Å². The molecule has 3 N–H and O–H groups in total. The molecular formula is C21H25N7O2. The van der Waals surface area contributed by atoms with E-state index >= 15 is 0 Å². The maximum atomic E-state index is 5.36. The van der Waals surface area contributed by atoms with Crippen molar-refractivity contribution >= 4 is 29.2 Å². The lowest BCUT2D eigenvalue weighted by Crippen LogP contribution is -2.44. The number of ether oxygens (including phenoxy) is 2. The fourth-order valence-electron chi connectivity index (χ4n) is 3.14. The second kappa shape index (κ2) is 9.27.